The van der Waals surface area contributed by atoms with Gasteiger partial charge >= 0.3 is 0 Å². The molecule has 1 saturated heterocycles. The van der Waals surface area contributed by atoms with E-state index in [1.54, 1.807) is 11.3 Å². The highest BCUT2D eigenvalue weighted by molar-refractivity contribution is 14.0. The molecule has 124 valence electrons. The van der Waals surface area contributed by atoms with E-state index in [0.717, 1.165) is 43.8 Å². The number of halogens is 1. The van der Waals surface area contributed by atoms with Crippen LogP contribution in [-0.4, -0.2) is 61.8 Å². The number of hydrogen-bond donors (Lipinski definition) is 1. The molecule has 6 nitrogen and oxygen atoms in total. The SMILES string of the molecule is I.NC(=NCCOCC1CC1)N1CCN(c2nccs2)CC1. The Balaban J connectivity index is 0.00000176. The van der Waals surface area contributed by atoms with Gasteiger partial charge in [0.15, 0.2) is 11.1 Å². The molecule has 1 saturated carbocycles. The zero-order chi connectivity index (χ0) is 14.5. The number of aromatic nitrogens is 1. The van der Waals surface area contributed by atoms with E-state index in [9.17, 15) is 0 Å². The normalized spacial score (nSPS) is 19.2. The molecule has 0 spiro atoms. The van der Waals surface area contributed by atoms with E-state index in [1.165, 1.54) is 12.8 Å². The van der Waals surface area contributed by atoms with Crippen LogP contribution >= 0.6 is 35.3 Å². The Morgan fingerprint density at radius 2 is 2.14 bits per heavy atom. The van der Waals surface area contributed by atoms with Crippen molar-refractivity contribution < 1.29 is 4.74 Å². The maximum Gasteiger partial charge on any atom is 0.191 e. The quantitative estimate of drug-likeness (QED) is 0.317. The summed E-state index contributed by atoms with van der Waals surface area (Å²) in [6, 6.07) is 0. The third kappa shape index (κ3) is 5.24. The molecule has 2 heterocycles. The summed E-state index contributed by atoms with van der Waals surface area (Å²) < 4.78 is 5.57. The maximum absolute atomic E-state index is 6.06. The van der Waals surface area contributed by atoms with Crippen molar-refractivity contribution in [3.8, 4) is 0 Å². The molecule has 3 rings (SSSR count). The monoisotopic (exact) mass is 437 g/mol. The van der Waals surface area contributed by atoms with Crippen LogP contribution < -0.4 is 10.6 Å². The number of rotatable bonds is 6. The van der Waals surface area contributed by atoms with Crippen LogP contribution in [0.5, 0.6) is 0 Å². The fraction of sp³-hybridized carbons (Fsp3) is 0.714. The van der Waals surface area contributed by atoms with Gasteiger partial charge < -0.3 is 20.3 Å². The second-order valence-corrected chi connectivity index (χ2v) is 6.42. The zero-order valence-corrected chi connectivity index (χ0v) is 15.8. The van der Waals surface area contributed by atoms with E-state index in [0.29, 0.717) is 19.1 Å². The Hall–Kier alpha value is -0.610. The van der Waals surface area contributed by atoms with E-state index in [2.05, 4.69) is 19.8 Å². The van der Waals surface area contributed by atoms with Crippen molar-refractivity contribution in [2.24, 2.45) is 16.6 Å². The lowest BCUT2D eigenvalue weighted by Crippen LogP contribution is -2.51. The standard InChI is InChI=1S/C14H23N5OS.HI/c15-13(16-3-9-20-11-12-1-2-12)18-5-7-19(8-6-18)14-17-4-10-21-14;/h4,10,12H,1-3,5-9,11H2,(H2,15,16);1H. The average Bonchev–Trinajstić information content (AvgIpc) is 3.18. The van der Waals surface area contributed by atoms with Gasteiger partial charge in [-0.3, -0.25) is 4.99 Å². The number of guanidine groups is 1. The first-order valence-corrected chi connectivity index (χ1v) is 8.48. The molecule has 8 heteroatoms. The van der Waals surface area contributed by atoms with Gasteiger partial charge in [0.25, 0.3) is 0 Å². The lowest BCUT2D eigenvalue weighted by molar-refractivity contribution is 0.131. The summed E-state index contributed by atoms with van der Waals surface area (Å²) in [6.07, 6.45) is 4.51. The van der Waals surface area contributed by atoms with Crippen LogP contribution in [0.1, 0.15) is 12.8 Å². The molecule has 0 radical (unpaired) electrons. The molecule has 1 aromatic heterocycles. The minimum absolute atomic E-state index is 0. The number of thiazole rings is 1. The summed E-state index contributed by atoms with van der Waals surface area (Å²) in [5.74, 6) is 1.45. The van der Waals surface area contributed by atoms with Crippen molar-refractivity contribution in [2.75, 3.05) is 50.8 Å². The summed E-state index contributed by atoms with van der Waals surface area (Å²) in [6.45, 7) is 5.92. The van der Waals surface area contributed by atoms with Crippen molar-refractivity contribution in [1.29, 1.82) is 0 Å². The van der Waals surface area contributed by atoms with E-state index >= 15 is 0 Å². The van der Waals surface area contributed by atoms with Gasteiger partial charge in [0.05, 0.1) is 13.2 Å². The summed E-state index contributed by atoms with van der Waals surface area (Å²) >= 11 is 1.68. The Morgan fingerprint density at radius 1 is 1.36 bits per heavy atom. The van der Waals surface area contributed by atoms with Gasteiger partial charge in [0, 0.05) is 44.4 Å². The fourth-order valence-electron chi connectivity index (χ4n) is 2.36. The molecule has 0 amide bonds. The Bertz CT molecular complexity index is 458. The molecule has 0 aromatic carbocycles. The smallest absolute Gasteiger partial charge is 0.191 e. The van der Waals surface area contributed by atoms with Crippen LogP contribution in [0.3, 0.4) is 0 Å². The van der Waals surface area contributed by atoms with Crippen molar-refractivity contribution in [1.82, 2.24) is 9.88 Å². The first kappa shape index (κ1) is 17.7. The summed E-state index contributed by atoms with van der Waals surface area (Å²) in [7, 11) is 0. The largest absolute Gasteiger partial charge is 0.379 e. The van der Waals surface area contributed by atoms with Crippen molar-refractivity contribution >= 4 is 46.4 Å². The molecule has 2 fully saturated rings. The third-order valence-corrected chi connectivity index (χ3v) is 4.69. The van der Waals surface area contributed by atoms with Crippen LogP contribution in [0.15, 0.2) is 16.6 Å². The van der Waals surface area contributed by atoms with Crippen LogP contribution in [0.2, 0.25) is 0 Å². The highest BCUT2D eigenvalue weighted by Crippen LogP contribution is 2.28. The highest BCUT2D eigenvalue weighted by Gasteiger charge is 2.21. The van der Waals surface area contributed by atoms with Crippen LogP contribution in [0.25, 0.3) is 0 Å². The molecule has 0 unspecified atom stereocenters. The fourth-order valence-corrected chi connectivity index (χ4v) is 3.05. The van der Waals surface area contributed by atoms with E-state index in [1.807, 2.05) is 11.6 Å². The predicted molar refractivity (Wildman–Crippen MR) is 101 cm³/mol. The predicted octanol–water partition coefficient (Wildman–Crippen LogP) is 1.62. The number of nitrogens with zero attached hydrogens (tertiary/aromatic N) is 4. The Kier molecular flexibility index (Phi) is 7.16. The molecular weight excluding hydrogens is 413 g/mol. The van der Waals surface area contributed by atoms with Gasteiger partial charge in [0.1, 0.15) is 0 Å². The Morgan fingerprint density at radius 3 is 2.77 bits per heavy atom. The maximum atomic E-state index is 6.06. The topological polar surface area (TPSA) is 67.0 Å². The van der Waals surface area contributed by atoms with E-state index < -0.39 is 0 Å². The molecule has 0 bridgehead atoms. The van der Waals surface area contributed by atoms with Gasteiger partial charge in [-0.25, -0.2) is 4.98 Å². The number of nitrogens with two attached hydrogens (primary N) is 1. The van der Waals surface area contributed by atoms with Gasteiger partial charge in [0.2, 0.25) is 0 Å². The minimum Gasteiger partial charge on any atom is -0.379 e. The lowest BCUT2D eigenvalue weighted by atomic mass is 10.3. The van der Waals surface area contributed by atoms with Gasteiger partial charge in [-0.05, 0) is 18.8 Å². The number of ether oxygens (including phenoxy) is 1. The summed E-state index contributed by atoms with van der Waals surface area (Å²) in [5.41, 5.74) is 6.06. The van der Waals surface area contributed by atoms with Crippen molar-refractivity contribution in [3.63, 3.8) is 0 Å². The second kappa shape index (κ2) is 8.88. The molecule has 0 atom stereocenters. The van der Waals surface area contributed by atoms with E-state index in [-0.39, 0.29) is 24.0 Å². The third-order valence-electron chi connectivity index (χ3n) is 3.85. The lowest BCUT2D eigenvalue weighted by Gasteiger charge is -2.35. The molecule has 2 aliphatic rings. The van der Waals surface area contributed by atoms with Gasteiger partial charge in [-0.2, -0.15) is 0 Å². The molecule has 22 heavy (non-hydrogen) atoms. The summed E-state index contributed by atoms with van der Waals surface area (Å²) in [5, 5.41) is 3.11. The van der Waals surface area contributed by atoms with Crippen molar-refractivity contribution in [2.45, 2.75) is 12.8 Å². The van der Waals surface area contributed by atoms with Gasteiger partial charge in [-0.15, -0.1) is 35.3 Å². The van der Waals surface area contributed by atoms with Crippen LogP contribution in [0.4, 0.5) is 5.13 Å². The second-order valence-electron chi connectivity index (χ2n) is 5.55. The molecule has 1 aliphatic carbocycles. The molecule has 1 aromatic rings. The number of piperazine rings is 1. The molecule has 1 aliphatic heterocycles. The van der Waals surface area contributed by atoms with Gasteiger partial charge in [-0.1, -0.05) is 0 Å². The van der Waals surface area contributed by atoms with Crippen LogP contribution in [-0.2, 0) is 4.74 Å². The highest BCUT2D eigenvalue weighted by atomic mass is 127. The van der Waals surface area contributed by atoms with Crippen molar-refractivity contribution in [3.05, 3.63) is 11.6 Å². The van der Waals surface area contributed by atoms with E-state index in [4.69, 9.17) is 10.5 Å². The Labute approximate surface area is 152 Å². The number of aliphatic imine (C=N–C) groups is 1. The minimum atomic E-state index is 0. The number of hydrogen-bond acceptors (Lipinski definition) is 5. The average molecular weight is 437 g/mol. The number of anilines is 1. The molecule has 2 N–H and O–H groups in total. The zero-order valence-electron chi connectivity index (χ0n) is 12.7. The first-order chi connectivity index (χ1) is 10.3. The first-order valence-electron chi connectivity index (χ1n) is 7.60. The van der Waals surface area contributed by atoms with Crippen LogP contribution in [0, 0.1) is 5.92 Å². The summed E-state index contributed by atoms with van der Waals surface area (Å²) in [4.78, 5) is 13.2. The molecular formula is C14H24IN5OS.